The average molecular weight is 1340 g/mol. The van der Waals surface area contributed by atoms with Gasteiger partial charge in [-0.05, 0) is 172 Å². The van der Waals surface area contributed by atoms with Crippen molar-refractivity contribution in [3.63, 3.8) is 0 Å². The summed E-state index contributed by atoms with van der Waals surface area (Å²) in [6.07, 6.45) is 5.22. The van der Waals surface area contributed by atoms with Crippen LogP contribution in [-0.2, 0) is 19.1 Å². The summed E-state index contributed by atoms with van der Waals surface area (Å²) < 4.78 is 26.1. The number of benzene rings is 3. The fraction of sp³-hybridized carbons (Fsp3) is 0.278. The number of esters is 3. The summed E-state index contributed by atoms with van der Waals surface area (Å²) in [4.78, 5) is 45.2. The van der Waals surface area contributed by atoms with E-state index in [0.717, 1.165) is 37.0 Å². The Morgan fingerprint density at radius 1 is 0.400 bits per heavy atom. The number of nitrogens with two attached hydrogens (primary N) is 2. The standard InChI is InChI=1S/C21H21ClO5.C15H19NO4.H4N48/c1-3-20(23)26-13-5-4-12-25-17-9-7-16(8-10-17)21(24)27-19-11-6-15(2)14-18(19)22;1-3-14(17)20-11-5-4-10-19-13-8-6-12(7-9-13)15(18)16-2;1-3-5-7-9-11-13-15-17-19-21-23-25-27-29-31-33-35-37-39-41-43-45-47-48-46-44-42-40-38-36-34-32-30-28-26-24-22-20-18-16-14-12-10-8-6-4-2/h3,6-11,14H,1,4-5,12-13H2,2H3;3,6-9H,1,4-5,10-11H2,2H3,(H,16,18);(H2,1,4,5,8,9,12,13,16,17,20,21,24,25,28,29,32,33,36,37,40,41,44,45,48)(H2,2,3,6,7,10,11,14,15,18,19,22,23,26,27,30,31,34,35,38,39,42,43,46,47). The van der Waals surface area contributed by atoms with E-state index in [2.05, 4.69) is 270 Å². The van der Waals surface area contributed by atoms with Crippen LogP contribution in [0.15, 0.2) is 332 Å². The van der Waals surface area contributed by atoms with Gasteiger partial charge in [0, 0.05) is 181 Å². The maximum Gasteiger partial charge on any atom is 0.343 e. The second kappa shape index (κ2) is 58.3. The van der Waals surface area contributed by atoms with Gasteiger partial charge < -0.3 is 40.7 Å². The van der Waals surface area contributed by atoms with E-state index >= 15 is 0 Å². The number of ether oxygens (including phenoxy) is 5. The zero-order valence-corrected chi connectivity index (χ0v) is 49.1. The Labute approximate surface area is 531 Å². The van der Waals surface area contributed by atoms with Gasteiger partial charge in [0.05, 0.1) is 37.0 Å². The Kier molecular flexibility index (Phi) is 48.1. The summed E-state index contributed by atoms with van der Waals surface area (Å²) in [5.74, 6) is 9.48. The lowest BCUT2D eigenvalue weighted by Crippen LogP contribution is -2.17. The summed E-state index contributed by atoms with van der Waals surface area (Å²) in [5.41, 5.74) is 1.98. The van der Waals surface area contributed by atoms with E-state index in [1.54, 1.807) is 67.7 Å². The molecule has 0 aliphatic rings. The topological polar surface area (TPSA) is 747 Å². The van der Waals surface area contributed by atoms with Crippen LogP contribution in [-0.4, -0.2) is 57.3 Å². The first-order chi connectivity index (χ1) is 46.6. The molecule has 0 aliphatic heterocycles. The third-order valence-corrected chi connectivity index (χ3v) is 8.28. The van der Waals surface area contributed by atoms with Crippen molar-refractivity contribution < 1.29 is 42.9 Å². The minimum absolute atomic E-state index is 0.124. The number of unbranched alkanes of at least 4 members (excludes halogenated alkanes) is 2. The Morgan fingerprint density at radius 3 is 0.916 bits per heavy atom. The van der Waals surface area contributed by atoms with Gasteiger partial charge in [-0.25, -0.2) is 14.4 Å². The Morgan fingerprint density at radius 2 is 0.663 bits per heavy atom. The fourth-order valence-corrected chi connectivity index (χ4v) is 4.70. The van der Waals surface area contributed by atoms with Gasteiger partial charge in [0.25, 0.3) is 5.91 Å². The average Bonchev–Trinajstić information content (AvgIpc) is 0.959. The number of hydrogen-bond donors (Lipinski definition) is 3. The molecular weight excluding hydrogens is 1300 g/mol. The number of aryl methyl sites for hydroxylation is 1. The van der Waals surface area contributed by atoms with Crippen molar-refractivity contribution in [1.29, 1.82) is 0 Å². The highest BCUT2D eigenvalue weighted by Crippen LogP contribution is 2.26. The molecule has 3 aromatic carbocycles. The maximum atomic E-state index is 12.2. The van der Waals surface area contributed by atoms with E-state index in [-0.39, 0.29) is 5.91 Å². The van der Waals surface area contributed by atoms with E-state index < -0.39 is 17.9 Å². The van der Waals surface area contributed by atoms with Crippen molar-refractivity contribution in [3.05, 3.63) is 114 Å². The molecule has 0 radical (unpaired) electrons. The third-order valence-electron chi connectivity index (χ3n) is 7.98. The van der Waals surface area contributed by atoms with Crippen molar-refractivity contribution in [3.8, 4) is 17.2 Å². The highest BCUT2D eigenvalue weighted by atomic mass is 35.5. The van der Waals surface area contributed by atoms with Crippen LogP contribution in [0.1, 0.15) is 52.0 Å². The normalized spacial score (nSPS) is 12.7. The van der Waals surface area contributed by atoms with Crippen LogP contribution in [0.3, 0.4) is 0 Å². The zero-order chi connectivity index (χ0) is 69.0. The van der Waals surface area contributed by atoms with Gasteiger partial charge in [0.1, 0.15) is 17.2 Å². The minimum Gasteiger partial charge on any atom is -0.494 e. The molecule has 59 heteroatoms. The van der Waals surface area contributed by atoms with Gasteiger partial charge in [-0.3, -0.25) is 4.79 Å². The van der Waals surface area contributed by atoms with Gasteiger partial charge in [-0.15, -0.1) is 0 Å². The number of nitrogens with one attached hydrogen (secondary N) is 1. The Balaban J connectivity index is 0.000000797. The molecule has 5 N–H and O–H groups in total. The quantitative estimate of drug-likeness (QED) is 0.00916. The fourth-order valence-electron chi connectivity index (χ4n) is 4.43. The first-order valence-corrected chi connectivity index (χ1v) is 24.8. The van der Waals surface area contributed by atoms with E-state index in [4.69, 9.17) is 35.3 Å². The predicted molar refractivity (Wildman–Crippen MR) is 299 cm³/mol. The molecule has 0 spiro atoms. The van der Waals surface area contributed by atoms with Crippen molar-refractivity contribution in [2.45, 2.75) is 32.6 Å². The molecule has 3 rings (SSSR count). The van der Waals surface area contributed by atoms with E-state index in [1.807, 2.05) is 13.0 Å². The molecule has 0 saturated heterocycles. The van der Waals surface area contributed by atoms with Crippen molar-refractivity contribution >= 4 is 35.4 Å². The minimum atomic E-state index is -0.490. The third kappa shape index (κ3) is 48.1. The van der Waals surface area contributed by atoms with Crippen LogP contribution < -0.4 is 31.2 Å². The number of rotatable bonds is 39. The molecule has 0 bridgehead atoms. The number of hydrogen-bond acceptors (Lipinski definition) is 11. The molecule has 0 saturated carbocycles. The van der Waals surface area contributed by atoms with Gasteiger partial charge >= 0.3 is 17.9 Å². The van der Waals surface area contributed by atoms with Crippen LogP contribution in [0.2, 0.25) is 5.02 Å². The van der Waals surface area contributed by atoms with E-state index in [9.17, 15) is 19.2 Å². The van der Waals surface area contributed by atoms with Gasteiger partial charge in [0.15, 0.2) is 0 Å². The van der Waals surface area contributed by atoms with Crippen LogP contribution >= 0.6 is 11.6 Å². The molecule has 0 heterocycles. The number of carbonyl (C=O) groups is 4. The number of nitrogens with zero attached hydrogens (tertiary/aromatic N) is 46. The smallest absolute Gasteiger partial charge is 0.343 e. The van der Waals surface area contributed by atoms with E-state index in [1.165, 1.54) is 0 Å². The van der Waals surface area contributed by atoms with Crippen molar-refractivity contribution in [2.75, 3.05) is 33.5 Å². The predicted octanol–water partition coefficient (Wildman–Crippen LogP) is 14.0. The molecule has 0 fully saturated rings. The van der Waals surface area contributed by atoms with Crippen LogP contribution in [0, 0.1) is 6.92 Å². The lowest BCUT2D eigenvalue weighted by molar-refractivity contribution is -0.138. The molecule has 494 valence electrons. The zero-order valence-electron chi connectivity index (χ0n) is 48.4. The number of amides is 1. The van der Waals surface area contributed by atoms with E-state index in [0.29, 0.717) is 66.2 Å². The molecule has 0 aromatic heterocycles. The summed E-state index contributed by atoms with van der Waals surface area (Å²) in [7, 11) is 1.59. The number of carbonyl (C=O) groups excluding carboxylic acids is 4. The molecule has 1 amide bonds. The second-order valence-corrected chi connectivity index (χ2v) is 14.4. The molecule has 0 unspecified atom stereocenters. The Hall–Kier alpha value is -14.7. The highest BCUT2D eigenvalue weighted by molar-refractivity contribution is 6.32. The van der Waals surface area contributed by atoms with Gasteiger partial charge in [0.2, 0.25) is 0 Å². The molecular formula is C36H44ClN49O9. The lowest BCUT2D eigenvalue weighted by atomic mass is 10.2. The maximum absolute atomic E-state index is 12.2. The summed E-state index contributed by atoms with van der Waals surface area (Å²) in [6, 6.07) is 18.8. The van der Waals surface area contributed by atoms with Crippen molar-refractivity contribution in [1.82, 2.24) is 5.32 Å². The molecule has 0 aliphatic carbocycles. The molecule has 3 aromatic rings. The Bertz CT molecular complexity index is 3380. The van der Waals surface area contributed by atoms with Gasteiger partial charge in [-0.2, -0.15) is 0 Å². The first kappa shape index (κ1) is 78.3. The molecule has 0 atom stereocenters. The summed E-state index contributed by atoms with van der Waals surface area (Å²) >= 11 is 6.08. The SMILES string of the molecule is C=CC(=O)OCCCCOc1ccc(C(=O)NC)cc1.C=CC(=O)OCCCCOc1ccc(C(=O)Oc2ccc(C)cc2Cl)cc1.N/N=N/N=N/N=N/N=N/N=N/N=N/N=N/N=N/N=N/N=N/N=N/N=N/N=N/N=N/N=N/N=N/N=N/N=N/N=N/N=N/N=N/N=N/N=N/N. The monoisotopic (exact) mass is 1340 g/mol. The second-order valence-electron chi connectivity index (χ2n) is 14.0. The first-order valence-electron chi connectivity index (χ1n) is 24.4. The lowest BCUT2D eigenvalue weighted by Gasteiger charge is -2.09. The van der Waals surface area contributed by atoms with Crippen LogP contribution in [0.4, 0.5) is 0 Å². The molecule has 95 heavy (non-hydrogen) atoms. The summed E-state index contributed by atoms with van der Waals surface area (Å²) in [6.45, 7) is 10.3. The van der Waals surface area contributed by atoms with Crippen LogP contribution in [0.5, 0.6) is 17.2 Å². The molecule has 58 nitrogen and oxygen atoms in total. The summed E-state index contributed by atoms with van der Waals surface area (Å²) in [5, 5.41) is 140. The number of halogens is 1. The van der Waals surface area contributed by atoms with Crippen molar-refractivity contribution in [2.24, 2.45) is 252 Å². The van der Waals surface area contributed by atoms with Gasteiger partial charge in [-0.1, -0.05) is 41.3 Å². The largest absolute Gasteiger partial charge is 0.494 e. The highest BCUT2D eigenvalue weighted by Gasteiger charge is 2.12. The van der Waals surface area contributed by atoms with Crippen LogP contribution in [0.25, 0.3) is 0 Å².